The van der Waals surface area contributed by atoms with Gasteiger partial charge in [0.1, 0.15) is 0 Å². The number of benzene rings is 2. The standard InChI is InChI=1S/C28H42Cl2N2O2Si2/c1-21-13-9-15-23(29)27(21)31-25(17-11-19-33-35(3,4)5)26(18-12-20-34-36(6,7)8)32-28-22(2)14-10-16-24(28)30/h9-10,13-16H,11-12,17-20H2,1-8H3. The first-order valence-corrected chi connectivity index (χ1v) is 20.3. The Morgan fingerprint density at radius 2 is 1.03 bits per heavy atom. The van der Waals surface area contributed by atoms with Gasteiger partial charge in [0, 0.05) is 13.2 Å². The molecule has 0 atom stereocenters. The topological polar surface area (TPSA) is 43.2 Å². The highest BCUT2D eigenvalue weighted by Gasteiger charge is 2.18. The highest BCUT2D eigenvalue weighted by Crippen LogP contribution is 2.32. The predicted molar refractivity (Wildman–Crippen MR) is 164 cm³/mol. The average Bonchev–Trinajstić information content (AvgIpc) is 2.75. The van der Waals surface area contributed by atoms with Gasteiger partial charge in [-0.05, 0) is 102 Å². The van der Waals surface area contributed by atoms with Gasteiger partial charge in [-0.1, -0.05) is 47.5 Å². The first-order valence-electron chi connectivity index (χ1n) is 12.7. The van der Waals surface area contributed by atoms with Crippen LogP contribution in [0.4, 0.5) is 11.4 Å². The van der Waals surface area contributed by atoms with Crippen molar-refractivity contribution in [3.8, 4) is 0 Å². The SMILES string of the molecule is Cc1cccc(Cl)c1N=C(CCCO[Si](C)(C)C)C(CCCO[Si](C)(C)C)=Nc1c(C)cccc1Cl. The van der Waals surface area contributed by atoms with Gasteiger partial charge in [-0.2, -0.15) is 0 Å². The van der Waals surface area contributed by atoms with Crippen molar-refractivity contribution in [3.63, 3.8) is 0 Å². The van der Waals surface area contributed by atoms with Crippen molar-refractivity contribution in [3.05, 3.63) is 57.6 Å². The summed E-state index contributed by atoms with van der Waals surface area (Å²) >= 11 is 13.2. The summed E-state index contributed by atoms with van der Waals surface area (Å²) in [6.07, 6.45) is 3.20. The monoisotopic (exact) mass is 564 g/mol. The van der Waals surface area contributed by atoms with Crippen LogP contribution in [0.25, 0.3) is 0 Å². The van der Waals surface area contributed by atoms with Crippen LogP contribution < -0.4 is 0 Å². The summed E-state index contributed by atoms with van der Waals surface area (Å²) < 4.78 is 12.3. The van der Waals surface area contributed by atoms with E-state index in [2.05, 4.69) is 39.3 Å². The minimum absolute atomic E-state index is 0.640. The predicted octanol–water partition coefficient (Wildman–Crippen LogP) is 9.72. The summed E-state index contributed by atoms with van der Waals surface area (Å²) in [5, 5.41) is 1.28. The quantitative estimate of drug-likeness (QED) is 0.138. The van der Waals surface area contributed by atoms with E-state index in [-0.39, 0.29) is 0 Å². The van der Waals surface area contributed by atoms with E-state index in [4.69, 9.17) is 42.0 Å². The van der Waals surface area contributed by atoms with E-state index >= 15 is 0 Å². The lowest BCUT2D eigenvalue weighted by Gasteiger charge is -2.19. The third-order valence-electron chi connectivity index (χ3n) is 5.39. The summed E-state index contributed by atoms with van der Waals surface area (Å²) in [5.74, 6) is 0. The molecule has 0 aliphatic carbocycles. The van der Waals surface area contributed by atoms with Crippen LogP contribution >= 0.6 is 23.2 Å². The maximum atomic E-state index is 6.58. The molecular formula is C28H42Cl2N2O2Si2. The molecule has 36 heavy (non-hydrogen) atoms. The summed E-state index contributed by atoms with van der Waals surface area (Å²) in [7, 11) is -3.18. The molecule has 2 aromatic carbocycles. The van der Waals surface area contributed by atoms with Crippen molar-refractivity contribution in [1.29, 1.82) is 0 Å². The molecule has 198 valence electrons. The van der Waals surface area contributed by atoms with E-state index in [9.17, 15) is 0 Å². The molecule has 8 heteroatoms. The molecule has 0 fully saturated rings. The molecule has 0 saturated heterocycles. The number of rotatable bonds is 13. The summed E-state index contributed by atoms with van der Waals surface area (Å²) in [4.78, 5) is 10.2. The molecule has 0 bridgehead atoms. The lowest BCUT2D eigenvalue weighted by Crippen LogP contribution is -2.27. The van der Waals surface area contributed by atoms with E-state index in [1.54, 1.807) is 0 Å². The number of aliphatic imine (C=N–C) groups is 2. The van der Waals surface area contributed by atoms with Crippen molar-refractivity contribution >= 4 is 62.6 Å². The Hall–Kier alpha value is -1.29. The zero-order valence-electron chi connectivity index (χ0n) is 23.2. The first kappa shape index (κ1) is 30.9. The molecule has 0 aromatic heterocycles. The normalized spacial score (nSPS) is 13.4. The zero-order valence-corrected chi connectivity index (χ0v) is 26.7. The van der Waals surface area contributed by atoms with Gasteiger partial charge in [0.15, 0.2) is 16.6 Å². The van der Waals surface area contributed by atoms with E-state index in [0.29, 0.717) is 23.3 Å². The molecular weight excluding hydrogens is 523 g/mol. The second-order valence-corrected chi connectivity index (χ2v) is 20.9. The molecule has 0 N–H and O–H groups in total. The van der Waals surface area contributed by atoms with Gasteiger partial charge in [0.2, 0.25) is 0 Å². The smallest absolute Gasteiger partial charge is 0.183 e. The molecule has 0 amide bonds. The highest BCUT2D eigenvalue weighted by molar-refractivity contribution is 6.70. The minimum Gasteiger partial charge on any atom is -0.418 e. The van der Waals surface area contributed by atoms with Crippen molar-refractivity contribution in [2.24, 2.45) is 9.98 Å². The summed E-state index contributed by atoms with van der Waals surface area (Å²) in [6, 6.07) is 11.7. The highest BCUT2D eigenvalue weighted by atomic mass is 35.5. The molecule has 0 saturated carbocycles. The van der Waals surface area contributed by atoms with Crippen molar-refractivity contribution in [2.45, 2.75) is 78.8 Å². The Morgan fingerprint density at radius 3 is 1.33 bits per heavy atom. The minimum atomic E-state index is -1.59. The fraction of sp³-hybridized carbons (Fsp3) is 0.500. The van der Waals surface area contributed by atoms with Crippen LogP contribution in [0.2, 0.25) is 49.3 Å². The molecule has 2 rings (SSSR count). The van der Waals surface area contributed by atoms with E-state index in [0.717, 1.165) is 59.6 Å². The third kappa shape index (κ3) is 11.0. The number of halogens is 2. The molecule has 4 nitrogen and oxygen atoms in total. The van der Waals surface area contributed by atoms with Gasteiger partial charge in [0.25, 0.3) is 0 Å². The Morgan fingerprint density at radius 1 is 0.667 bits per heavy atom. The number of aryl methyl sites for hydroxylation is 2. The zero-order chi connectivity index (χ0) is 26.9. The molecule has 0 heterocycles. The molecule has 0 unspecified atom stereocenters. The molecule has 0 spiro atoms. The van der Waals surface area contributed by atoms with Gasteiger partial charge in [0.05, 0.1) is 32.8 Å². The average molecular weight is 566 g/mol. The van der Waals surface area contributed by atoms with Gasteiger partial charge >= 0.3 is 0 Å². The molecule has 0 aliphatic heterocycles. The van der Waals surface area contributed by atoms with Crippen LogP contribution in [-0.2, 0) is 8.85 Å². The fourth-order valence-corrected chi connectivity index (χ4v) is 5.61. The lowest BCUT2D eigenvalue weighted by atomic mass is 10.0. The van der Waals surface area contributed by atoms with Crippen LogP contribution in [0.5, 0.6) is 0 Å². The van der Waals surface area contributed by atoms with Crippen molar-refractivity contribution in [1.82, 2.24) is 0 Å². The summed E-state index contributed by atoms with van der Waals surface area (Å²) in [5.41, 5.74) is 5.52. The third-order valence-corrected chi connectivity index (χ3v) is 8.14. The molecule has 2 aromatic rings. The lowest BCUT2D eigenvalue weighted by molar-refractivity contribution is 0.306. The number of nitrogens with zero attached hydrogens (tertiary/aromatic N) is 2. The van der Waals surface area contributed by atoms with Crippen molar-refractivity contribution < 1.29 is 8.85 Å². The second-order valence-electron chi connectivity index (χ2n) is 11.1. The van der Waals surface area contributed by atoms with Gasteiger partial charge in [-0.3, -0.25) is 0 Å². The van der Waals surface area contributed by atoms with Crippen LogP contribution in [0.1, 0.15) is 36.8 Å². The first-order chi connectivity index (χ1) is 16.8. The van der Waals surface area contributed by atoms with Gasteiger partial charge < -0.3 is 8.85 Å². The number of para-hydroxylation sites is 2. The van der Waals surface area contributed by atoms with E-state index < -0.39 is 16.6 Å². The van der Waals surface area contributed by atoms with Crippen LogP contribution in [0.3, 0.4) is 0 Å². The van der Waals surface area contributed by atoms with Gasteiger partial charge in [-0.15, -0.1) is 0 Å². The maximum absolute atomic E-state index is 6.58. The largest absolute Gasteiger partial charge is 0.418 e. The number of hydrogen-bond donors (Lipinski definition) is 0. The Kier molecular flexibility index (Phi) is 12.1. The van der Waals surface area contributed by atoms with E-state index in [1.165, 1.54) is 0 Å². The summed E-state index contributed by atoms with van der Waals surface area (Å²) in [6.45, 7) is 18.7. The van der Waals surface area contributed by atoms with Crippen molar-refractivity contribution in [2.75, 3.05) is 13.2 Å². The fourth-order valence-electron chi connectivity index (χ4n) is 3.56. The molecule has 0 aliphatic rings. The van der Waals surface area contributed by atoms with Crippen LogP contribution in [-0.4, -0.2) is 41.3 Å². The maximum Gasteiger partial charge on any atom is 0.183 e. The van der Waals surface area contributed by atoms with Gasteiger partial charge in [-0.25, -0.2) is 9.98 Å². The van der Waals surface area contributed by atoms with E-state index in [1.807, 2.05) is 50.2 Å². The Bertz CT molecular complexity index is 948. The van der Waals surface area contributed by atoms with Crippen LogP contribution in [0, 0.1) is 13.8 Å². The molecule has 0 radical (unpaired) electrons. The Balaban J connectivity index is 2.49. The second kappa shape index (κ2) is 14.0. The van der Waals surface area contributed by atoms with Crippen LogP contribution in [0.15, 0.2) is 46.4 Å². The Labute approximate surface area is 230 Å². The number of hydrogen-bond acceptors (Lipinski definition) is 4.